The average molecular weight is 319 g/mol. The van der Waals surface area contributed by atoms with Gasteiger partial charge in [0.25, 0.3) is 5.91 Å². The second-order valence-electron chi connectivity index (χ2n) is 6.26. The first kappa shape index (κ1) is 15.8. The number of hydrogen-bond acceptors (Lipinski definition) is 4. The van der Waals surface area contributed by atoms with Gasteiger partial charge in [-0.1, -0.05) is 0 Å². The number of amides is 1. The molecule has 2 atom stereocenters. The van der Waals surface area contributed by atoms with Gasteiger partial charge in [-0.05, 0) is 49.9 Å². The molecule has 0 aromatic heterocycles. The van der Waals surface area contributed by atoms with Crippen molar-refractivity contribution < 1.29 is 24.2 Å². The summed E-state index contributed by atoms with van der Waals surface area (Å²) in [6, 6.07) is 7.02. The highest BCUT2D eigenvalue weighted by atomic mass is 16.5. The number of morpholine rings is 1. The minimum atomic E-state index is -1.04. The van der Waals surface area contributed by atoms with Crippen molar-refractivity contribution >= 4 is 11.9 Å². The van der Waals surface area contributed by atoms with Crippen molar-refractivity contribution in [3.05, 3.63) is 29.8 Å². The number of ether oxygens (including phenoxy) is 2. The molecule has 1 aliphatic heterocycles. The van der Waals surface area contributed by atoms with Crippen LogP contribution in [0, 0.1) is 5.92 Å². The van der Waals surface area contributed by atoms with Gasteiger partial charge in [0.2, 0.25) is 0 Å². The van der Waals surface area contributed by atoms with Crippen molar-refractivity contribution in [3.63, 3.8) is 0 Å². The predicted octanol–water partition coefficient (Wildman–Crippen LogP) is 1.79. The molecular weight excluding hydrogens is 298 g/mol. The summed E-state index contributed by atoms with van der Waals surface area (Å²) >= 11 is 0. The minimum absolute atomic E-state index is 0.0679. The van der Waals surface area contributed by atoms with Gasteiger partial charge in [-0.25, -0.2) is 4.79 Å². The normalized spacial score (nSPS) is 24.3. The van der Waals surface area contributed by atoms with Gasteiger partial charge in [0, 0.05) is 12.1 Å². The standard InChI is InChI=1S/C17H21NO5/c1-11-8-18(9-15(23-11)17(20)21)16(19)13-4-6-14(7-5-13)22-10-12-2-3-12/h4-7,11-12,15H,2-3,8-10H2,1H3,(H,20,21)/t11-,15?/m1/s1. The van der Waals surface area contributed by atoms with Gasteiger partial charge in [-0.15, -0.1) is 0 Å². The fourth-order valence-corrected chi connectivity index (χ4v) is 2.63. The summed E-state index contributed by atoms with van der Waals surface area (Å²) < 4.78 is 11.0. The van der Waals surface area contributed by atoms with Crippen LogP contribution >= 0.6 is 0 Å². The fourth-order valence-electron chi connectivity index (χ4n) is 2.63. The molecule has 2 fully saturated rings. The molecule has 0 bridgehead atoms. The third kappa shape index (κ3) is 4.01. The highest BCUT2D eigenvalue weighted by Crippen LogP contribution is 2.29. The van der Waals surface area contributed by atoms with Gasteiger partial charge in [-0.3, -0.25) is 4.79 Å². The third-order valence-electron chi connectivity index (χ3n) is 4.11. The summed E-state index contributed by atoms with van der Waals surface area (Å²) in [5.74, 6) is 0.213. The van der Waals surface area contributed by atoms with Crippen LogP contribution in [0.5, 0.6) is 5.75 Å². The van der Waals surface area contributed by atoms with Crippen LogP contribution in [0.2, 0.25) is 0 Å². The molecule has 3 rings (SSSR count). The second-order valence-corrected chi connectivity index (χ2v) is 6.26. The molecule has 1 unspecified atom stereocenters. The molecule has 1 aromatic rings. The summed E-state index contributed by atoms with van der Waals surface area (Å²) in [5.41, 5.74) is 0.530. The Bertz CT molecular complexity index is 581. The lowest BCUT2D eigenvalue weighted by molar-refractivity contribution is -0.160. The fraction of sp³-hybridized carbons (Fsp3) is 0.529. The van der Waals surface area contributed by atoms with Crippen LogP contribution in [0.4, 0.5) is 0 Å². The largest absolute Gasteiger partial charge is 0.493 e. The summed E-state index contributed by atoms with van der Waals surface area (Å²) in [6.45, 7) is 2.96. The molecular formula is C17H21NO5. The number of aliphatic carboxylic acids is 1. The molecule has 1 saturated carbocycles. The zero-order valence-corrected chi connectivity index (χ0v) is 13.1. The molecule has 0 spiro atoms. The zero-order chi connectivity index (χ0) is 16.4. The van der Waals surface area contributed by atoms with Gasteiger partial charge < -0.3 is 19.5 Å². The number of carbonyl (C=O) groups is 2. The van der Waals surface area contributed by atoms with Crippen molar-refractivity contribution in [3.8, 4) is 5.75 Å². The van der Waals surface area contributed by atoms with Crippen molar-refractivity contribution in [2.75, 3.05) is 19.7 Å². The number of nitrogens with zero attached hydrogens (tertiary/aromatic N) is 1. The highest BCUT2D eigenvalue weighted by molar-refractivity contribution is 5.94. The maximum Gasteiger partial charge on any atom is 0.334 e. The molecule has 2 aliphatic rings. The number of hydrogen-bond donors (Lipinski definition) is 1. The molecule has 1 saturated heterocycles. The van der Waals surface area contributed by atoms with E-state index in [1.54, 1.807) is 31.2 Å². The molecule has 6 heteroatoms. The van der Waals surface area contributed by atoms with E-state index in [9.17, 15) is 9.59 Å². The Morgan fingerprint density at radius 2 is 1.96 bits per heavy atom. The quantitative estimate of drug-likeness (QED) is 0.895. The Morgan fingerprint density at radius 3 is 2.57 bits per heavy atom. The Kier molecular flexibility index (Phi) is 4.52. The van der Waals surface area contributed by atoms with Crippen LogP contribution in [-0.4, -0.2) is 53.8 Å². The molecule has 1 aliphatic carbocycles. The first-order valence-electron chi connectivity index (χ1n) is 7.93. The second kappa shape index (κ2) is 6.58. The van der Waals surface area contributed by atoms with Crippen molar-refractivity contribution in [2.24, 2.45) is 5.92 Å². The van der Waals surface area contributed by atoms with E-state index in [2.05, 4.69) is 0 Å². The van der Waals surface area contributed by atoms with E-state index in [1.165, 1.54) is 17.7 Å². The Morgan fingerprint density at radius 1 is 1.26 bits per heavy atom. The van der Waals surface area contributed by atoms with E-state index >= 15 is 0 Å². The lowest BCUT2D eigenvalue weighted by Crippen LogP contribution is -2.51. The third-order valence-corrected chi connectivity index (χ3v) is 4.11. The molecule has 124 valence electrons. The average Bonchev–Trinajstić information content (AvgIpc) is 3.36. The van der Waals surface area contributed by atoms with Gasteiger partial charge in [0.15, 0.2) is 6.10 Å². The van der Waals surface area contributed by atoms with Crippen molar-refractivity contribution in [2.45, 2.75) is 32.0 Å². The SMILES string of the molecule is C[C@@H]1CN(C(=O)c2ccc(OCC3CC3)cc2)CC(C(=O)O)O1. The Labute approximate surface area is 135 Å². The topological polar surface area (TPSA) is 76.1 Å². The van der Waals surface area contributed by atoms with E-state index < -0.39 is 12.1 Å². The lowest BCUT2D eigenvalue weighted by Gasteiger charge is -2.35. The number of carboxylic acids is 1. The molecule has 1 N–H and O–H groups in total. The van der Waals surface area contributed by atoms with Crippen LogP contribution in [-0.2, 0) is 9.53 Å². The smallest absolute Gasteiger partial charge is 0.334 e. The monoisotopic (exact) mass is 319 g/mol. The van der Waals surface area contributed by atoms with E-state index in [1.807, 2.05) is 0 Å². The predicted molar refractivity (Wildman–Crippen MR) is 82.5 cm³/mol. The van der Waals surface area contributed by atoms with Gasteiger partial charge >= 0.3 is 5.97 Å². The van der Waals surface area contributed by atoms with Gasteiger partial charge in [-0.2, -0.15) is 0 Å². The van der Waals surface area contributed by atoms with Gasteiger partial charge in [0.05, 0.1) is 19.3 Å². The van der Waals surface area contributed by atoms with Gasteiger partial charge in [0.1, 0.15) is 5.75 Å². The number of carboxylic acid groups (broad SMARTS) is 1. The maximum absolute atomic E-state index is 12.5. The first-order valence-corrected chi connectivity index (χ1v) is 7.93. The summed E-state index contributed by atoms with van der Waals surface area (Å²) in [7, 11) is 0. The molecule has 23 heavy (non-hydrogen) atoms. The maximum atomic E-state index is 12.5. The number of benzene rings is 1. The van der Waals surface area contributed by atoms with E-state index in [-0.39, 0.29) is 18.6 Å². The van der Waals surface area contributed by atoms with Crippen LogP contribution in [0.3, 0.4) is 0 Å². The Hall–Kier alpha value is -2.08. The van der Waals surface area contributed by atoms with E-state index in [0.717, 1.165) is 12.4 Å². The highest BCUT2D eigenvalue weighted by Gasteiger charge is 2.33. The van der Waals surface area contributed by atoms with Crippen LogP contribution in [0.15, 0.2) is 24.3 Å². The Balaban J connectivity index is 1.62. The molecule has 1 aromatic carbocycles. The number of rotatable bonds is 5. The molecule has 1 heterocycles. The van der Waals surface area contributed by atoms with Crippen molar-refractivity contribution in [1.82, 2.24) is 4.90 Å². The van der Waals surface area contributed by atoms with Crippen molar-refractivity contribution in [1.29, 1.82) is 0 Å². The van der Waals surface area contributed by atoms with Crippen LogP contribution in [0.25, 0.3) is 0 Å². The van der Waals surface area contributed by atoms with E-state index in [0.29, 0.717) is 18.0 Å². The number of carbonyl (C=O) groups excluding carboxylic acids is 1. The summed E-state index contributed by atoms with van der Waals surface area (Å²) in [4.78, 5) is 25.2. The van der Waals surface area contributed by atoms with E-state index in [4.69, 9.17) is 14.6 Å². The lowest BCUT2D eigenvalue weighted by atomic mass is 10.1. The molecule has 0 radical (unpaired) electrons. The van der Waals surface area contributed by atoms with Crippen LogP contribution in [0.1, 0.15) is 30.1 Å². The zero-order valence-electron chi connectivity index (χ0n) is 13.1. The summed E-state index contributed by atoms with van der Waals surface area (Å²) in [5, 5.41) is 9.09. The molecule has 1 amide bonds. The summed E-state index contributed by atoms with van der Waals surface area (Å²) in [6.07, 6.45) is 1.20. The minimum Gasteiger partial charge on any atom is -0.493 e. The van der Waals surface area contributed by atoms with Crippen LogP contribution < -0.4 is 4.74 Å². The molecule has 6 nitrogen and oxygen atoms in total. The first-order chi connectivity index (χ1) is 11.0.